The van der Waals surface area contributed by atoms with E-state index in [4.69, 9.17) is 10.2 Å². The standard InChI is InChI=1S/C12H8O6/c13-8-4-3-6-5(9(8)12(17)18)1-2-7(10(6)14)11(15)16/h1-4,13-14H,(H,15,16)(H,17,18). The van der Waals surface area contributed by atoms with E-state index in [0.29, 0.717) is 0 Å². The predicted octanol–water partition coefficient (Wildman–Crippen LogP) is 1.65. The molecule has 2 aromatic rings. The second kappa shape index (κ2) is 3.92. The Morgan fingerprint density at radius 1 is 0.833 bits per heavy atom. The molecule has 0 aliphatic heterocycles. The van der Waals surface area contributed by atoms with Crippen LogP contribution in [0, 0.1) is 0 Å². The SMILES string of the molecule is O=C(O)c1ccc2c(C(=O)O)c(O)ccc2c1O. The van der Waals surface area contributed by atoms with Crippen LogP contribution in [0.5, 0.6) is 11.5 Å². The molecule has 0 spiro atoms. The molecule has 18 heavy (non-hydrogen) atoms. The minimum atomic E-state index is -1.36. The van der Waals surface area contributed by atoms with E-state index >= 15 is 0 Å². The highest BCUT2D eigenvalue weighted by Crippen LogP contribution is 2.34. The summed E-state index contributed by atoms with van der Waals surface area (Å²) < 4.78 is 0. The maximum atomic E-state index is 11.0. The zero-order chi connectivity index (χ0) is 13.4. The highest BCUT2D eigenvalue weighted by molar-refractivity contribution is 6.10. The van der Waals surface area contributed by atoms with E-state index in [9.17, 15) is 19.8 Å². The molecule has 0 saturated carbocycles. The summed E-state index contributed by atoms with van der Waals surface area (Å²) in [6.07, 6.45) is 0. The largest absolute Gasteiger partial charge is 0.507 e. The summed E-state index contributed by atoms with van der Waals surface area (Å²) in [6, 6.07) is 4.68. The summed E-state index contributed by atoms with van der Waals surface area (Å²) in [5.41, 5.74) is -0.704. The zero-order valence-corrected chi connectivity index (χ0v) is 8.91. The Bertz CT molecular complexity index is 674. The molecule has 6 heteroatoms. The summed E-state index contributed by atoms with van der Waals surface area (Å²) in [5, 5.41) is 37.2. The second-order valence-electron chi connectivity index (χ2n) is 3.63. The first-order chi connectivity index (χ1) is 8.43. The van der Waals surface area contributed by atoms with Gasteiger partial charge in [-0.05, 0) is 18.2 Å². The van der Waals surface area contributed by atoms with Crippen LogP contribution in [0.2, 0.25) is 0 Å². The molecule has 0 unspecified atom stereocenters. The number of rotatable bonds is 2. The Hall–Kier alpha value is -2.76. The molecule has 0 fully saturated rings. The van der Waals surface area contributed by atoms with Gasteiger partial charge in [-0.25, -0.2) is 9.59 Å². The van der Waals surface area contributed by atoms with Crippen LogP contribution in [-0.4, -0.2) is 32.4 Å². The number of carboxylic acid groups (broad SMARTS) is 2. The molecule has 0 aliphatic rings. The molecule has 2 aromatic carbocycles. The molecule has 0 radical (unpaired) electrons. The van der Waals surface area contributed by atoms with E-state index in [1.165, 1.54) is 12.1 Å². The second-order valence-corrected chi connectivity index (χ2v) is 3.63. The Kier molecular flexibility index (Phi) is 2.55. The molecule has 0 aliphatic carbocycles. The van der Waals surface area contributed by atoms with Crippen molar-refractivity contribution in [3.8, 4) is 11.5 Å². The van der Waals surface area contributed by atoms with Crippen LogP contribution < -0.4 is 0 Å². The number of phenols is 2. The Balaban J connectivity index is 2.91. The van der Waals surface area contributed by atoms with Crippen LogP contribution in [0.15, 0.2) is 24.3 Å². The van der Waals surface area contributed by atoms with Crippen molar-refractivity contribution in [2.45, 2.75) is 0 Å². The third-order valence-corrected chi connectivity index (χ3v) is 2.59. The number of benzene rings is 2. The van der Waals surface area contributed by atoms with E-state index in [0.717, 1.165) is 12.1 Å². The first kappa shape index (κ1) is 11.7. The van der Waals surface area contributed by atoms with E-state index in [2.05, 4.69) is 0 Å². The maximum absolute atomic E-state index is 11.0. The zero-order valence-electron chi connectivity index (χ0n) is 8.91. The lowest BCUT2D eigenvalue weighted by Crippen LogP contribution is -2.01. The number of hydrogen-bond acceptors (Lipinski definition) is 4. The molecule has 4 N–H and O–H groups in total. The van der Waals surface area contributed by atoms with Crippen molar-refractivity contribution >= 4 is 22.7 Å². The smallest absolute Gasteiger partial charge is 0.340 e. The van der Waals surface area contributed by atoms with Crippen molar-refractivity contribution in [1.82, 2.24) is 0 Å². The van der Waals surface area contributed by atoms with Crippen molar-refractivity contribution in [3.63, 3.8) is 0 Å². The summed E-state index contributed by atoms with van der Waals surface area (Å²) in [7, 11) is 0. The molecule has 0 atom stereocenters. The molecular weight excluding hydrogens is 240 g/mol. The summed E-state index contributed by atoms with van der Waals surface area (Å²) in [6.45, 7) is 0. The number of carbonyl (C=O) groups is 2. The number of carboxylic acids is 2. The van der Waals surface area contributed by atoms with Gasteiger partial charge in [-0.15, -0.1) is 0 Å². The van der Waals surface area contributed by atoms with Gasteiger partial charge in [-0.3, -0.25) is 0 Å². The summed E-state index contributed by atoms with van der Waals surface area (Å²) in [4.78, 5) is 21.8. The van der Waals surface area contributed by atoms with Gasteiger partial charge in [0.05, 0.1) is 0 Å². The predicted molar refractivity (Wildman–Crippen MR) is 61.2 cm³/mol. The fraction of sp³-hybridized carbons (Fsp3) is 0. The Labute approximate surface area is 100 Å². The van der Waals surface area contributed by atoms with Crippen molar-refractivity contribution < 1.29 is 30.0 Å². The molecule has 0 saturated heterocycles. The van der Waals surface area contributed by atoms with Gasteiger partial charge in [-0.2, -0.15) is 0 Å². The molecule has 92 valence electrons. The summed E-state index contributed by atoms with van der Waals surface area (Å²) in [5.74, 6) is -3.65. The molecule has 0 heterocycles. The Morgan fingerprint density at radius 2 is 1.44 bits per heavy atom. The van der Waals surface area contributed by atoms with Crippen molar-refractivity contribution in [1.29, 1.82) is 0 Å². The van der Waals surface area contributed by atoms with Gasteiger partial charge in [0.2, 0.25) is 0 Å². The van der Waals surface area contributed by atoms with Crippen molar-refractivity contribution in [2.75, 3.05) is 0 Å². The number of hydrogen-bond donors (Lipinski definition) is 4. The maximum Gasteiger partial charge on any atom is 0.340 e. The minimum absolute atomic E-state index is 0.0603. The lowest BCUT2D eigenvalue weighted by molar-refractivity contribution is 0.0684. The first-order valence-corrected chi connectivity index (χ1v) is 4.87. The average molecular weight is 248 g/mol. The third-order valence-electron chi connectivity index (χ3n) is 2.59. The molecule has 2 rings (SSSR count). The van der Waals surface area contributed by atoms with Gasteiger partial charge in [0.25, 0.3) is 0 Å². The van der Waals surface area contributed by atoms with Crippen molar-refractivity contribution in [2.24, 2.45) is 0 Å². The summed E-state index contributed by atoms with van der Waals surface area (Å²) >= 11 is 0. The number of fused-ring (bicyclic) bond motifs is 1. The monoisotopic (exact) mass is 248 g/mol. The molecular formula is C12H8O6. The lowest BCUT2D eigenvalue weighted by Gasteiger charge is -2.08. The van der Waals surface area contributed by atoms with Gasteiger partial charge in [-0.1, -0.05) is 6.07 Å². The van der Waals surface area contributed by atoms with Crippen LogP contribution >= 0.6 is 0 Å². The fourth-order valence-corrected chi connectivity index (χ4v) is 1.78. The average Bonchev–Trinajstić information content (AvgIpc) is 2.27. The van der Waals surface area contributed by atoms with Crippen LogP contribution in [0.4, 0.5) is 0 Å². The van der Waals surface area contributed by atoms with Gasteiger partial charge < -0.3 is 20.4 Å². The topological polar surface area (TPSA) is 115 Å². The van der Waals surface area contributed by atoms with E-state index < -0.39 is 23.4 Å². The number of aromatic carboxylic acids is 2. The highest BCUT2D eigenvalue weighted by atomic mass is 16.4. The Morgan fingerprint density at radius 3 is 2.00 bits per heavy atom. The van der Waals surface area contributed by atoms with Crippen LogP contribution in [0.25, 0.3) is 10.8 Å². The molecule has 0 amide bonds. The molecule has 6 nitrogen and oxygen atoms in total. The van der Waals surface area contributed by atoms with Crippen LogP contribution in [0.3, 0.4) is 0 Å². The van der Waals surface area contributed by atoms with Crippen molar-refractivity contribution in [3.05, 3.63) is 35.4 Å². The van der Waals surface area contributed by atoms with E-state index in [1.54, 1.807) is 0 Å². The molecule has 0 bridgehead atoms. The fourth-order valence-electron chi connectivity index (χ4n) is 1.78. The van der Waals surface area contributed by atoms with Gasteiger partial charge in [0.1, 0.15) is 22.6 Å². The molecule has 0 aromatic heterocycles. The van der Waals surface area contributed by atoms with E-state index in [1.807, 2.05) is 0 Å². The van der Waals surface area contributed by atoms with Crippen LogP contribution in [-0.2, 0) is 0 Å². The van der Waals surface area contributed by atoms with E-state index in [-0.39, 0.29) is 21.9 Å². The van der Waals surface area contributed by atoms with Gasteiger partial charge >= 0.3 is 11.9 Å². The first-order valence-electron chi connectivity index (χ1n) is 4.87. The quantitative estimate of drug-likeness (QED) is 0.642. The van der Waals surface area contributed by atoms with Crippen LogP contribution in [0.1, 0.15) is 20.7 Å². The lowest BCUT2D eigenvalue weighted by atomic mass is 10.00. The number of aromatic hydroxyl groups is 2. The normalized spacial score (nSPS) is 10.4. The van der Waals surface area contributed by atoms with Gasteiger partial charge in [0.15, 0.2) is 0 Å². The highest BCUT2D eigenvalue weighted by Gasteiger charge is 2.19. The van der Waals surface area contributed by atoms with Gasteiger partial charge in [0, 0.05) is 10.8 Å². The minimum Gasteiger partial charge on any atom is -0.507 e. The third kappa shape index (κ3) is 1.60.